The molecule has 0 unspecified atom stereocenters. The third-order valence-corrected chi connectivity index (χ3v) is 2.60. The number of phenolic OH excluding ortho intramolecular Hbond substituents is 1. The molecule has 0 fully saturated rings. The second-order valence-corrected chi connectivity index (χ2v) is 4.01. The van der Waals surface area contributed by atoms with Crippen molar-refractivity contribution in [3.05, 3.63) is 29.3 Å². The molecule has 0 heterocycles. The van der Waals surface area contributed by atoms with E-state index >= 15 is 0 Å². The van der Waals surface area contributed by atoms with E-state index in [4.69, 9.17) is 5.11 Å². The largest absolute Gasteiger partial charge is 0.507 e. The number of hydrogen-bond acceptors (Lipinski definition) is 3. The number of rotatable bonds is 6. The first kappa shape index (κ1) is 13.5. The highest BCUT2D eigenvalue weighted by Crippen LogP contribution is 2.20. The molecule has 1 rings (SSSR count). The van der Waals surface area contributed by atoms with Crippen LogP contribution < -0.4 is 5.32 Å². The normalized spacial score (nSPS) is 10.2. The summed E-state index contributed by atoms with van der Waals surface area (Å²) in [5.74, 6) is -0.212. The first-order valence-corrected chi connectivity index (χ1v) is 5.84. The van der Waals surface area contributed by atoms with Crippen molar-refractivity contribution in [1.29, 1.82) is 0 Å². The fraction of sp³-hybridized carbons (Fsp3) is 0.462. The van der Waals surface area contributed by atoms with E-state index in [2.05, 4.69) is 5.32 Å². The van der Waals surface area contributed by atoms with Gasteiger partial charge in [-0.15, -0.1) is 0 Å². The van der Waals surface area contributed by atoms with Crippen LogP contribution in [-0.4, -0.2) is 29.3 Å². The number of para-hydroxylation sites is 1. The molecule has 0 aliphatic rings. The number of nitrogens with one attached hydrogen (secondary N) is 1. The van der Waals surface area contributed by atoms with Crippen molar-refractivity contribution in [2.45, 2.75) is 26.2 Å². The van der Waals surface area contributed by atoms with Crippen LogP contribution in [0, 0.1) is 6.92 Å². The van der Waals surface area contributed by atoms with Crippen LogP contribution in [0.5, 0.6) is 5.75 Å². The van der Waals surface area contributed by atoms with Crippen molar-refractivity contribution < 1.29 is 15.0 Å². The van der Waals surface area contributed by atoms with Gasteiger partial charge in [0.15, 0.2) is 0 Å². The van der Waals surface area contributed by atoms with Gasteiger partial charge in [0, 0.05) is 13.2 Å². The second-order valence-electron chi connectivity index (χ2n) is 4.01. The summed E-state index contributed by atoms with van der Waals surface area (Å²) < 4.78 is 0. The topological polar surface area (TPSA) is 69.6 Å². The summed E-state index contributed by atoms with van der Waals surface area (Å²) in [5, 5.41) is 21.1. The molecule has 17 heavy (non-hydrogen) atoms. The highest BCUT2D eigenvalue weighted by Gasteiger charge is 2.11. The summed E-state index contributed by atoms with van der Waals surface area (Å²) in [6.45, 7) is 2.51. The first-order chi connectivity index (χ1) is 8.16. The Kier molecular flexibility index (Phi) is 5.49. The molecule has 0 saturated carbocycles. The number of carbonyl (C=O) groups excluding carboxylic acids is 1. The molecule has 0 saturated heterocycles. The number of aliphatic hydroxyl groups is 1. The molecule has 1 amide bonds. The molecule has 0 radical (unpaired) electrons. The van der Waals surface area contributed by atoms with Crippen molar-refractivity contribution in [1.82, 2.24) is 5.32 Å². The van der Waals surface area contributed by atoms with Crippen molar-refractivity contribution >= 4 is 5.91 Å². The van der Waals surface area contributed by atoms with Crippen LogP contribution in [-0.2, 0) is 0 Å². The Hall–Kier alpha value is -1.55. The summed E-state index contributed by atoms with van der Waals surface area (Å²) in [4.78, 5) is 11.7. The summed E-state index contributed by atoms with van der Waals surface area (Å²) >= 11 is 0. The van der Waals surface area contributed by atoms with Crippen LogP contribution in [0.3, 0.4) is 0 Å². The minimum atomic E-state index is -0.254. The van der Waals surface area contributed by atoms with E-state index in [0.717, 1.165) is 19.3 Å². The molecular weight excluding hydrogens is 218 g/mol. The molecule has 4 nitrogen and oxygen atoms in total. The van der Waals surface area contributed by atoms with Crippen molar-refractivity contribution in [2.24, 2.45) is 0 Å². The number of amides is 1. The summed E-state index contributed by atoms with van der Waals surface area (Å²) in [6, 6.07) is 5.11. The van der Waals surface area contributed by atoms with Crippen LogP contribution in [0.1, 0.15) is 35.2 Å². The summed E-state index contributed by atoms with van der Waals surface area (Å²) in [5.41, 5.74) is 1.00. The summed E-state index contributed by atoms with van der Waals surface area (Å²) in [6.07, 6.45) is 2.47. The van der Waals surface area contributed by atoms with Gasteiger partial charge in [-0.05, 0) is 37.8 Å². The fourth-order valence-corrected chi connectivity index (χ4v) is 1.55. The molecule has 0 aliphatic carbocycles. The Balaban J connectivity index is 2.44. The Bertz CT molecular complexity index is 377. The van der Waals surface area contributed by atoms with Crippen LogP contribution in [0.15, 0.2) is 18.2 Å². The predicted octanol–water partition coefficient (Wildman–Crippen LogP) is 1.59. The van der Waals surface area contributed by atoms with Crippen molar-refractivity contribution in [3.8, 4) is 5.75 Å². The van der Waals surface area contributed by atoms with Crippen molar-refractivity contribution in [2.75, 3.05) is 13.2 Å². The maximum Gasteiger partial charge on any atom is 0.255 e. The average Bonchev–Trinajstić information content (AvgIpc) is 2.32. The van der Waals surface area contributed by atoms with E-state index in [1.807, 2.05) is 0 Å². The number of phenols is 1. The van der Waals surface area contributed by atoms with Crippen molar-refractivity contribution in [3.63, 3.8) is 0 Å². The van der Waals surface area contributed by atoms with Crippen LogP contribution in [0.2, 0.25) is 0 Å². The van der Waals surface area contributed by atoms with Gasteiger partial charge in [-0.1, -0.05) is 12.1 Å². The van der Waals surface area contributed by atoms with Gasteiger partial charge in [0.1, 0.15) is 5.75 Å². The molecule has 0 bridgehead atoms. The predicted molar refractivity (Wildman–Crippen MR) is 66.1 cm³/mol. The second kappa shape index (κ2) is 6.91. The molecule has 0 aliphatic heterocycles. The maximum absolute atomic E-state index is 11.7. The van der Waals surface area contributed by atoms with E-state index in [1.54, 1.807) is 25.1 Å². The minimum Gasteiger partial charge on any atom is -0.507 e. The number of unbranched alkanes of at least 4 members (excludes halogenated alkanes) is 2. The number of aryl methyl sites for hydroxylation is 1. The minimum absolute atomic E-state index is 0.0420. The lowest BCUT2D eigenvalue weighted by atomic mass is 10.1. The van der Waals surface area contributed by atoms with Crippen LogP contribution in [0.4, 0.5) is 0 Å². The molecule has 0 aromatic heterocycles. The molecule has 1 aromatic rings. The number of hydrogen-bond donors (Lipinski definition) is 3. The summed E-state index contributed by atoms with van der Waals surface area (Å²) in [7, 11) is 0. The van der Waals surface area contributed by atoms with Crippen LogP contribution in [0.25, 0.3) is 0 Å². The van der Waals surface area contributed by atoms with Crippen LogP contribution >= 0.6 is 0 Å². The van der Waals surface area contributed by atoms with E-state index in [1.165, 1.54) is 0 Å². The molecule has 3 N–H and O–H groups in total. The highest BCUT2D eigenvalue weighted by atomic mass is 16.3. The van der Waals surface area contributed by atoms with Gasteiger partial charge in [0.2, 0.25) is 0 Å². The standard InChI is InChI=1S/C13H19NO3/c1-10-6-5-7-11(12(10)16)13(17)14-8-3-2-4-9-15/h5-7,15-16H,2-4,8-9H2,1H3,(H,14,17). The van der Waals surface area contributed by atoms with E-state index in [9.17, 15) is 9.90 Å². The van der Waals surface area contributed by atoms with E-state index in [-0.39, 0.29) is 18.3 Å². The fourth-order valence-electron chi connectivity index (χ4n) is 1.55. The average molecular weight is 237 g/mol. The lowest BCUT2D eigenvalue weighted by Crippen LogP contribution is -2.24. The van der Waals surface area contributed by atoms with Gasteiger partial charge in [-0.2, -0.15) is 0 Å². The zero-order valence-corrected chi connectivity index (χ0v) is 10.1. The maximum atomic E-state index is 11.7. The molecule has 0 spiro atoms. The first-order valence-electron chi connectivity index (χ1n) is 5.84. The number of aromatic hydroxyl groups is 1. The number of carbonyl (C=O) groups is 1. The Morgan fingerprint density at radius 2 is 2.06 bits per heavy atom. The smallest absolute Gasteiger partial charge is 0.255 e. The quantitative estimate of drug-likeness (QED) is 0.658. The zero-order valence-electron chi connectivity index (χ0n) is 10.1. The number of aliphatic hydroxyl groups excluding tert-OH is 1. The molecule has 4 heteroatoms. The monoisotopic (exact) mass is 237 g/mol. The Morgan fingerprint density at radius 1 is 1.29 bits per heavy atom. The Morgan fingerprint density at radius 3 is 2.76 bits per heavy atom. The SMILES string of the molecule is Cc1cccc(C(=O)NCCCCCO)c1O. The van der Waals surface area contributed by atoms with E-state index in [0.29, 0.717) is 17.7 Å². The van der Waals surface area contributed by atoms with Gasteiger partial charge in [-0.3, -0.25) is 4.79 Å². The highest BCUT2D eigenvalue weighted by molar-refractivity contribution is 5.97. The Labute approximate surface area is 101 Å². The van der Waals surface area contributed by atoms with Gasteiger partial charge >= 0.3 is 0 Å². The van der Waals surface area contributed by atoms with Gasteiger partial charge < -0.3 is 15.5 Å². The molecule has 94 valence electrons. The number of benzene rings is 1. The third-order valence-electron chi connectivity index (χ3n) is 2.60. The molecular formula is C13H19NO3. The lowest BCUT2D eigenvalue weighted by molar-refractivity contribution is 0.0950. The van der Waals surface area contributed by atoms with Gasteiger partial charge in [0.25, 0.3) is 5.91 Å². The van der Waals surface area contributed by atoms with Gasteiger partial charge in [-0.25, -0.2) is 0 Å². The zero-order chi connectivity index (χ0) is 12.7. The molecule has 0 atom stereocenters. The molecule has 1 aromatic carbocycles. The third kappa shape index (κ3) is 4.07. The lowest BCUT2D eigenvalue weighted by Gasteiger charge is -2.08. The van der Waals surface area contributed by atoms with Gasteiger partial charge in [0.05, 0.1) is 5.56 Å². The van der Waals surface area contributed by atoms with E-state index < -0.39 is 0 Å².